The molecule has 0 saturated carbocycles. The molecule has 118 valence electrons. The van der Waals surface area contributed by atoms with Crippen molar-refractivity contribution >= 4 is 21.6 Å². The molecule has 1 aliphatic rings. The fourth-order valence-corrected chi connectivity index (χ4v) is 4.18. The van der Waals surface area contributed by atoms with Crippen molar-refractivity contribution in [2.75, 3.05) is 18.8 Å². The highest BCUT2D eigenvalue weighted by Gasteiger charge is 2.27. The van der Waals surface area contributed by atoms with Crippen molar-refractivity contribution in [1.29, 1.82) is 0 Å². The lowest BCUT2D eigenvalue weighted by Gasteiger charge is -2.33. The van der Waals surface area contributed by atoms with Gasteiger partial charge in [0.1, 0.15) is 0 Å². The van der Waals surface area contributed by atoms with Gasteiger partial charge in [-0.25, -0.2) is 12.7 Å². The zero-order chi connectivity index (χ0) is 15.5. The maximum Gasteiger partial charge on any atom is 0.213 e. The van der Waals surface area contributed by atoms with Crippen LogP contribution in [0, 0.1) is 0 Å². The number of halogens is 1. The number of sulfonamides is 1. The second kappa shape index (κ2) is 7.09. The van der Waals surface area contributed by atoms with Gasteiger partial charge in [-0.2, -0.15) is 0 Å². The quantitative estimate of drug-likeness (QED) is 0.903. The highest BCUT2D eigenvalue weighted by Crippen LogP contribution is 2.24. The second-order valence-electron chi connectivity index (χ2n) is 5.48. The summed E-state index contributed by atoms with van der Waals surface area (Å²) in [6.07, 6.45) is 1.68. The smallest absolute Gasteiger partial charge is 0.213 e. The van der Waals surface area contributed by atoms with E-state index in [4.69, 9.17) is 11.6 Å². The Hall–Kier alpha value is -0.620. The second-order valence-corrected chi connectivity index (χ2v) is 8.15. The Morgan fingerprint density at radius 2 is 1.95 bits per heavy atom. The van der Waals surface area contributed by atoms with Crippen molar-refractivity contribution in [2.24, 2.45) is 0 Å². The van der Waals surface area contributed by atoms with Crippen LogP contribution < -0.4 is 5.32 Å². The molecule has 0 amide bonds. The van der Waals surface area contributed by atoms with E-state index in [1.54, 1.807) is 11.2 Å². The first-order valence-corrected chi connectivity index (χ1v) is 9.41. The van der Waals surface area contributed by atoms with Crippen LogP contribution in [0.25, 0.3) is 0 Å². The molecule has 0 aromatic heterocycles. The number of nitrogens with zero attached hydrogens (tertiary/aromatic N) is 1. The van der Waals surface area contributed by atoms with Crippen LogP contribution in [0.2, 0.25) is 5.02 Å². The van der Waals surface area contributed by atoms with Crippen LogP contribution in [-0.4, -0.2) is 37.6 Å². The largest absolute Gasteiger partial charge is 0.307 e. The molecule has 1 heterocycles. The fraction of sp³-hybridized carbons (Fsp3) is 0.600. The Morgan fingerprint density at radius 1 is 1.33 bits per heavy atom. The summed E-state index contributed by atoms with van der Waals surface area (Å²) < 4.78 is 25.3. The van der Waals surface area contributed by atoms with Gasteiger partial charge in [-0.05, 0) is 38.3 Å². The Morgan fingerprint density at radius 3 is 2.52 bits per heavy atom. The third kappa shape index (κ3) is 4.19. The first-order chi connectivity index (χ1) is 9.94. The van der Waals surface area contributed by atoms with Gasteiger partial charge in [-0.1, -0.05) is 29.8 Å². The Bertz CT molecular complexity index is 569. The number of hydrogen-bond acceptors (Lipinski definition) is 3. The molecule has 1 N–H and O–H groups in total. The lowest BCUT2D eigenvalue weighted by atomic mass is 10.0. The van der Waals surface area contributed by atoms with Crippen LogP contribution in [0.5, 0.6) is 0 Å². The topological polar surface area (TPSA) is 49.4 Å². The highest BCUT2D eigenvalue weighted by molar-refractivity contribution is 7.89. The van der Waals surface area contributed by atoms with Gasteiger partial charge in [-0.15, -0.1) is 0 Å². The van der Waals surface area contributed by atoms with E-state index in [0.717, 1.165) is 23.4 Å². The van der Waals surface area contributed by atoms with E-state index in [0.29, 0.717) is 19.1 Å². The predicted molar refractivity (Wildman–Crippen MR) is 87.1 cm³/mol. The summed E-state index contributed by atoms with van der Waals surface area (Å²) in [6, 6.07) is 8.32. The van der Waals surface area contributed by atoms with Gasteiger partial charge < -0.3 is 5.32 Å². The molecule has 0 aliphatic carbocycles. The summed E-state index contributed by atoms with van der Waals surface area (Å²) in [6.45, 7) is 4.99. The molecule has 1 aromatic rings. The zero-order valence-corrected chi connectivity index (χ0v) is 14.1. The van der Waals surface area contributed by atoms with Gasteiger partial charge in [0.2, 0.25) is 10.0 Å². The van der Waals surface area contributed by atoms with Crippen LogP contribution in [0.4, 0.5) is 0 Å². The molecule has 1 fully saturated rings. The van der Waals surface area contributed by atoms with E-state index in [1.807, 2.05) is 24.3 Å². The summed E-state index contributed by atoms with van der Waals surface area (Å²) in [7, 11) is -3.05. The van der Waals surface area contributed by atoms with Gasteiger partial charge in [0.05, 0.1) is 5.75 Å². The molecule has 2 rings (SSSR count). The first kappa shape index (κ1) is 16.7. The van der Waals surface area contributed by atoms with E-state index in [2.05, 4.69) is 12.2 Å². The molecule has 0 radical (unpaired) electrons. The zero-order valence-electron chi connectivity index (χ0n) is 12.5. The monoisotopic (exact) mass is 330 g/mol. The molecular formula is C15H23ClN2O2S. The third-order valence-electron chi connectivity index (χ3n) is 4.07. The van der Waals surface area contributed by atoms with Crippen molar-refractivity contribution in [3.05, 3.63) is 34.9 Å². The van der Waals surface area contributed by atoms with Crippen molar-refractivity contribution in [3.63, 3.8) is 0 Å². The molecule has 6 heteroatoms. The van der Waals surface area contributed by atoms with Crippen LogP contribution in [0.15, 0.2) is 24.3 Å². The highest BCUT2D eigenvalue weighted by atomic mass is 35.5. The summed E-state index contributed by atoms with van der Waals surface area (Å²) in [4.78, 5) is 0. The molecule has 1 atom stereocenters. The number of benzene rings is 1. The standard InChI is InChI=1S/C15H23ClN2O2S/c1-3-21(19,20)18-10-8-13(9-11-18)17-12(2)14-6-4-5-7-15(14)16/h4-7,12-13,17H,3,8-11H2,1-2H3. The van der Waals surface area contributed by atoms with Gasteiger partial charge in [-0.3, -0.25) is 0 Å². The minimum Gasteiger partial charge on any atom is -0.307 e. The van der Waals surface area contributed by atoms with Crippen LogP contribution in [-0.2, 0) is 10.0 Å². The molecule has 0 bridgehead atoms. The SMILES string of the molecule is CCS(=O)(=O)N1CCC(NC(C)c2ccccc2Cl)CC1. The van der Waals surface area contributed by atoms with Gasteiger partial charge in [0.15, 0.2) is 0 Å². The number of nitrogens with one attached hydrogen (secondary N) is 1. The van der Waals surface area contributed by atoms with Crippen molar-refractivity contribution in [1.82, 2.24) is 9.62 Å². The summed E-state index contributed by atoms with van der Waals surface area (Å²) >= 11 is 6.21. The van der Waals surface area contributed by atoms with Crippen molar-refractivity contribution < 1.29 is 8.42 Å². The maximum absolute atomic E-state index is 11.8. The fourth-order valence-electron chi connectivity index (χ4n) is 2.75. The number of piperidine rings is 1. The lowest BCUT2D eigenvalue weighted by molar-refractivity contribution is 0.277. The molecule has 21 heavy (non-hydrogen) atoms. The molecule has 1 saturated heterocycles. The maximum atomic E-state index is 11.8. The van der Waals surface area contributed by atoms with Gasteiger partial charge in [0.25, 0.3) is 0 Å². The van der Waals surface area contributed by atoms with Gasteiger partial charge >= 0.3 is 0 Å². The molecule has 0 spiro atoms. The van der Waals surface area contributed by atoms with Gasteiger partial charge in [0, 0.05) is 30.2 Å². The van der Waals surface area contributed by atoms with E-state index in [9.17, 15) is 8.42 Å². The normalized spacial score (nSPS) is 19.6. The van der Waals surface area contributed by atoms with E-state index < -0.39 is 10.0 Å². The predicted octanol–water partition coefficient (Wildman–Crippen LogP) is 2.80. The molecule has 1 unspecified atom stereocenters. The molecular weight excluding hydrogens is 308 g/mol. The Balaban J connectivity index is 1.91. The Kier molecular flexibility index (Phi) is 5.66. The van der Waals surface area contributed by atoms with E-state index in [-0.39, 0.29) is 11.8 Å². The summed E-state index contributed by atoms with van der Waals surface area (Å²) in [5.74, 6) is 0.182. The molecule has 4 nitrogen and oxygen atoms in total. The summed E-state index contributed by atoms with van der Waals surface area (Å²) in [5, 5.41) is 4.33. The summed E-state index contributed by atoms with van der Waals surface area (Å²) in [5.41, 5.74) is 1.09. The van der Waals surface area contributed by atoms with Crippen LogP contribution in [0.3, 0.4) is 0 Å². The minimum atomic E-state index is -3.05. The average molecular weight is 331 g/mol. The third-order valence-corrected chi connectivity index (χ3v) is 6.30. The lowest BCUT2D eigenvalue weighted by Crippen LogP contribution is -2.45. The molecule has 1 aromatic carbocycles. The van der Waals surface area contributed by atoms with Crippen molar-refractivity contribution in [2.45, 2.75) is 38.8 Å². The molecule has 1 aliphatic heterocycles. The Labute approximate surface area is 132 Å². The van der Waals surface area contributed by atoms with E-state index in [1.165, 1.54) is 0 Å². The number of hydrogen-bond donors (Lipinski definition) is 1. The average Bonchev–Trinajstić information content (AvgIpc) is 2.48. The minimum absolute atomic E-state index is 0.165. The number of rotatable bonds is 5. The van der Waals surface area contributed by atoms with E-state index >= 15 is 0 Å². The van der Waals surface area contributed by atoms with Crippen molar-refractivity contribution in [3.8, 4) is 0 Å². The van der Waals surface area contributed by atoms with Crippen LogP contribution >= 0.6 is 11.6 Å². The van der Waals surface area contributed by atoms with Crippen LogP contribution in [0.1, 0.15) is 38.3 Å². The first-order valence-electron chi connectivity index (χ1n) is 7.42.